The summed E-state index contributed by atoms with van der Waals surface area (Å²) in [4.78, 5) is 22.9. The second-order valence-electron chi connectivity index (χ2n) is 6.71. The van der Waals surface area contributed by atoms with Crippen LogP contribution in [0.2, 0.25) is 0 Å². The first-order valence-corrected chi connectivity index (χ1v) is 9.45. The predicted octanol–water partition coefficient (Wildman–Crippen LogP) is 4.44. The topological polar surface area (TPSA) is 99.9 Å². The Morgan fingerprint density at radius 1 is 1.07 bits per heavy atom. The molecule has 0 aromatic heterocycles. The number of amides is 1. The van der Waals surface area contributed by atoms with E-state index < -0.39 is 10.8 Å². The summed E-state index contributed by atoms with van der Waals surface area (Å²) in [5.74, 6) is 1.53. The van der Waals surface area contributed by atoms with Gasteiger partial charge in [-0.05, 0) is 43.5 Å². The van der Waals surface area contributed by atoms with Crippen LogP contribution < -0.4 is 19.5 Å². The van der Waals surface area contributed by atoms with Crippen LogP contribution in [-0.4, -0.2) is 30.7 Å². The zero-order chi connectivity index (χ0) is 21.2. The molecule has 0 heterocycles. The molecule has 156 valence electrons. The predicted molar refractivity (Wildman–Crippen MR) is 110 cm³/mol. The second kappa shape index (κ2) is 10.9. The highest BCUT2D eigenvalue weighted by molar-refractivity contribution is 5.94. The van der Waals surface area contributed by atoms with Crippen molar-refractivity contribution >= 4 is 17.3 Å². The fourth-order valence-corrected chi connectivity index (χ4v) is 2.43. The quantitative estimate of drug-likeness (QED) is 0.441. The van der Waals surface area contributed by atoms with Gasteiger partial charge in [-0.3, -0.25) is 14.9 Å². The van der Waals surface area contributed by atoms with Crippen molar-refractivity contribution in [2.24, 2.45) is 5.92 Å². The van der Waals surface area contributed by atoms with Crippen LogP contribution >= 0.6 is 0 Å². The minimum absolute atomic E-state index is 0.0813. The van der Waals surface area contributed by atoms with Gasteiger partial charge in [0.2, 0.25) is 0 Å². The fourth-order valence-electron chi connectivity index (χ4n) is 2.43. The van der Waals surface area contributed by atoms with E-state index in [1.165, 1.54) is 12.1 Å². The number of carbonyl (C=O) groups excluding carboxylic acids is 1. The van der Waals surface area contributed by atoms with E-state index in [9.17, 15) is 14.9 Å². The number of nitro benzene ring substituents is 1. The fraction of sp³-hybridized carbons (Fsp3) is 0.381. The van der Waals surface area contributed by atoms with E-state index in [4.69, 9.17) is 14.2 Å². The highest BCUT2D eigenvalue weighted by Crippen LogP contribution is 2.29. The number of rotatable bonds is 11. The summed E-state index contributed by atoms with van der Waals surface area (Å²) in [6.45, 7) is 6.72. The standard InChI is InChI=1S/C21H26N2O6/c1-4-27-18-8-9-19(20(13-18)23(25)26)22-21(24)14-29-17-7-5-6-16(12-17)28-11-10-15(2)3/h5-9,12-13,15H,4,10-11,14H2,1-3H3,(H,22,24). The Labute approximate surface area is 169 Å². The third kappa shape index (κ3) is 7.33. The number of hydrogen-bond donors (Lipinski definition) is 1. The van der Waals surface area contributed by atoms with E-state index in [2.05, 4.69) is 19.2 Å². The van der Waals surface area contributed by atoms with Gasteiger partial charge in [-0.25, -0.2) is 0 Å². The van der Waals surface area contributed by atoms with Crippen LogP contribution in [0.1, 0.15) is 27.2 Å². The molecule has 8 nitrogen and oxygen atoms in total. The van der Waals surface area contributed by atoms with Gasteiger partial charge in [-0.2, -0.15) is 0 Å². The largest absolute Gasteiger partial charge is 0.494 e. The second-order valence-corrected chi connectivity index (χ2v) is 6.71. The first-order valence-electron chi connectivity index (χ1n) is 9.45. The minimum Gasteiger partial charge on any atom is -0.494 e. The first-order chi connectivity index (χ1) is 13.9. The Kier molecular flexibility index (Phi) is 8.27. The lowest BCUT2D eigenvalue weighted by Crippen LogP contribution is -2.20. The molecule has 0 saturated heterocycles. The van der Waals surface area contributed by atoms with Crippen molar-refractivity contribution in [2.45, 2.75) is 27.2 Å². The molecule has 0 radical (unpaired) electrons. The smallest absolute Gasteiger partial charge is 0.296 e. The zero-order valence-electron chi connectivity index (χ0n) is 16.8. The average Bonchev–Trinajstić information content (AvgIpc) is 2.68. The number of benzene rings is 2. The van der Waals surface area contributed by atoms with Crippen LogP contribution in [0, 0.1) is 16.0 Å². The normalized spacial score (nSPS) is 10.5. The Morgan fingerprint density at radius 2 is 1.76 bits per heavy atom. The molecule has 0 aliphatic rings. The Morgan fingerprint density at radius 3 is 2.41 bits per heavy atom. The lowest BCUT2D eigenvalue weighted by molar-refractivity contribution is -0.384. The van der Waals surface area contributed by atoms with Crippen molar-refractivity contribution in [3.8, 4) is 17.2 Å². The van der Waals surface area contributed by atoms with E-state index in [0.29, 0.717) is 36.4 Å². The molecule has 29 heavy (non-hydrogen) atoms. The molecule has 0 spiro atoms. The number of nitrogens with one attached hydrogen (secondary N) is 1. The van der Waals surface area contributed by atoms with Crippen LogP contribution in [0.15, 0.2) is 42.5 Å². The maximum Gasteiger partial charge on any atom is 0.296 e. The molecule has 0 saturated carbocycles. The lowest BCUT2D eigenvalue weighted by Gasteiger charge is -2.11. The van der Waals surface area contributed by atoms with Gasteiger partial charge in [-0.1, -0.05) is 19.9 Å². The summed E-state index contributed by atoms with van der Waals surface area (Å²) in [7, 11) is 0. The molecule has 1 N–H and O–H groups in total. The Hall–Kier alpha value is -3.29. The van der Waals surface area contributed by atoms with Crippen LogP contribution in [0.5, 0.6) is 17.2 Å². The van der Waals surface area contributed by atoms with Crippen LogP contribution in [0.3, 0.4) is 0 Å². The van der Waals surface area contributed by atoms with Crippen molar-refractivity contribution in [1.29, 1.82) is 0 Å². The SMILES string of the molecule is CCOc1ccc(NC(=O)COc2cccc(OCCC(C)C)c2)c([N+](=O)[O-])c1. The molecule has 0 bridgehead atoms. The highest BCUT2D eigenvalue weighted by atomic mass is 16.6. The van der Waals surface area contributed by atoms with Gasteiger partial charge in [0, 0.05) is 6.07 Å². The molecule has 0 aliphatic carbocycles. The van der Waals surface area contributed by atoms with Crippen molar-refractivity contribution < 1.29 is 23.9 Å². The lowest BCUT2D eigenvalue weighted by atomic mass is 10.1. The van der Waals surface area contributed by atoms with E-state index >= 15 is 0 Å². The molecular weight excluding hydrogens is 376 g/mol. The number of nitrogens with zero attached hydrogens (tertiary/aromatic N) is 1. The number of anilines is 1. The van der Waals surface area contributed by atoms with Gasteiger partial charge in [0.05, 0.1) is 24.2 Å². The van der Waals surface area contributed by atoms with Crippen LogP contribution in [0.4, 0.5) is 11.4 Å². The van der Waals surface area contributed by atoms with Gasteiger partial charge >= 0.3 is 0 Å². The summed E-state index contributed by atoms with van der Waals surface area (Å²) in [6.07, 6.45) is 0.939. The van der Waals surface area contributed by atoms with E-state index in [1.807, 2.05) is 6.07 Å². The molecule has 2 aromatic carbocycles. The molecule has 1 amide bonds. The molecule has 0 atom stereocenters. The Bertz CT molecular complexity index is 838. The number of nitro groups is 1. The number of hydrogen-bond acceptors (Lipinski definition) is 6. The maximum atomic E-state index is 12.2. The molecule has 0 unspecified atom stereocenters. The van der Waals surface area contributed by atoms with Gasteiger partial charge in [0.15, 0.2) is 6.61 Å². The summed E-state index contributed by atoms with van der Waals surface area (Å²) in [5.41, 5.74) is -0.164. The van der Waals surface area contributed by atoms with Gasteiger partial charge in [0.1, 0.15) is 22.9 Å². The number of carbonyl (C=O) groups is 1. The molecule has 0 fully saturated rings. The van der Waals surface area contributed by atoms with Crippen molar-refractivity contribution in [3.05, 3.63) is 52.6 Å². The average molecular weight is 402 g/mol. The molecule has 0 aliphatic heterocycles. The van der Waals surface area contributed by atoms with E-state index in [-0.39, 0.29) is 18.0 Å². The number of ether oxygens (including phenoxy) is 3. The van der Waals surface area contributed by atoms with E-state index in [1.54, 1.807) is 31.2 Å². The van der Waals surface area contributed by atoms with Crippen LogP contribution in [-0.2, 0) is 4.79 Å². The molecule has 8 heteroatoms. The van der Waals surface area contributed by atoms with Crippen molar-refractivity contribution in [2.75, 3.05) is 25.1 Å². The third-order valence-corrected chi connectivity index (χ3v) is 3.89. The summed E-state index contributed by atoms with van der Waals surface area (Å²) >= 11 is 0. The maximum absolute atomic E-state index is 12.2. The van der Waals surface area contributed by atoms with Crippen molar-refractivity contribution in [3.63, 3.8) is 0 Å². The monoisotopic (exact) mass is 402 g/mol. The third-order valence-electron chi connectivity index (χ3n) is 3.89. The van der Waals surface area contributed by atoms with E-state index in [0.717, 1.165) is 6.42 Å². The molecular formula is C21H26N2O6. The summed E-state index contributed by atoms with van der Waals surface area (Å²) < 4.78 is 16.4. The molecule has 2 rings (SSSR count). The minimum atomic E-state index is -0.572. The molecule has 2 aromatic rings. The van der Waals surface area contributed by atoms with Gasteiger partial charge in [-0.15, -0.1) is 0 Å². The summed E-state index contributed by atoms with van der Waals surface area (Å²) in [6, 6.07) is 11.3. The van der Waals surface area contributed by atoms with Crippen molar-refractivity contribution in [1.82, 2.24) is 0 Å². The summed E-state index contributed by atoms with van der Waals surface area (Å²) in [5, 5.41) is 13.8. The zero-order valence-corrected chi connectivity index (χ0v) is 16.8. The highest BCUT2D eigenvalue weighted by Gasteiger charge is 2.17. The van der Waals surface area contributed by atoms with Crippen LogP contribution in [0.25, 0.3) is 0 Å². The first kappa shape index (κ1) is 22.0. The Balaban J connectivity index is 1.94. The van der Waals surface area contributed by atoms with Gasteiger partial charge < -0.3 is 19.5 Å². The van der Waals surface area contributed by atoms with Gasteiger partial charge in [0.25, 0.3) is 11.6 Å².